The second-order valence-electron chi connectivity index (χ2n) is 7.55. The first-order valence-corrected chi connectivity index (χ1v) is 10.9. The average Bonchev–Trinajstić information content (AvgIpc) is 2.78. The summed E-state index contributed by atoms with van der Waals surface area (Å²) in [6, 6.07) is 25.9. The van der Waals surface area contributed by atoms with Crippen LogP contribution in [0.4, 0.5) is 5.69 Å². The van der Waals surface area contributed by atoms with Crippen molar-refractivity contribution in [1.29, 1.82) is 0 Å². The fourth-order valence-electron chi connectivity index (χ4n) is 4.54. The van der Waals surface area contributed by atoms with Gasteiger partial charge in [0.1, 0.15) is 5.54 Å². The summed E-state index contributed by atoms with van der Waals surface area (Å²) in [4.78, 5) is 17.9. The average molecular weight is 439 g/mol. The molecule has 1 aliphatic heterocycles. The summed E-state index contributed by atoms with van der Waals surface area (Å²) in [5.41, 5.74) is 2.12. The van der Waals surface area contributed by atoms with E-state index in [1.807, 2.05) is 48.5 Å². The molecular weight excluding hydrogens is 415 g/mol. The number of benzene rings is 3. The molecule has 3 aromatic carbocycles. The van der Waals surface area contributed by atoms with Gasteiger partial charge in [-0.3, -0.25) is 9.69 Å². The van der Waals surface area contributed by atoms with Gasteiger partial charge in [0.25, 0.3) is 0 Å². The lowest BCUT2D eigenvalue weighted by molar-refractivity contribution is -0.127. The number of hydrogen-bond acceptors (Lipinski definition) is 3. The van der Waals surface area contributed by atoms with E-state index in [1.165, 1.54) is 0 Å². The van der Waals surface area contributed by atoms with Crippen LogP contribution in [-0.4, -0.2) is 36.9 Å². The van der Waals surface area contributed by atoms with Crippen molar-refractivity contribution in [3.05, 3.63) is 100 Å². The Morgan fingerprint density at radius 3 is 1.80 bits per heavy atom. The molecule has 1 heterocycles. The van der Waals surface area contributed by atoms with Gasteiger partial charge in [0, 0.05) is 26.2 Å². The molecule has 154 valence electrons. The Hall–Kier alpha value is -2.33. The van der Waals surface area contributed by atoms with E-state index >= 15 is 0 Å². The number of ketones is 1. The molecule has 0 atom stereocenters. The van der Waals surface area contributed by atoms with Gasteiger partial charge >= 0.3 is 0 Å². The van der Waals surface area contributed by atoms with Crippen molar-refractivity contribution >= 4 is 34.7 Å². The largest absolute Gasteiger partial charge is 0.368 e. The highest BCUT2D eigenvalue weighted by molar-refractivity contribution is 6.43. The SMILES string of the molecule is CC(=O)C(c1ccccc1)(c1ccccc1)N1CCN(c2cccc(Cl)c2Cl)CC1. The summed E-state index contributed by atoms with van der Waals surface area (Å²) in [7, 11) is 0. The maximum absolute atomic E-state index is 13.3. The molecule has 0 radical (unpaired) electrons. The minimum absolute atomic E-state index is 0.120. The van der Waals surface area contributed by atoms with Crippen LogP contribution in [0.2, 0.25) is 10.0 Å². The summed E-state index contributed by atoms with van der Waals surface area (Å²) < 4.78 is 0. The number of piperazine rings is 1. The fraction of sp³-hybridized carbons (Fsp3) is 0.240. The second-order valence-corrected chi connectivity index (χ2v) is 8.33. The molecule has 30 heavy (non-hydrogen) atoms. The molecule has 0 saturated carbocycles. The standard InChI is InChI=1S/C25H24Cl2N2O/c1-19(30)25(20-9-4-2-5-10-20,21-11-6-3-7-12-21)29-17-15-28(16-18-29)23-14-8-13-22(26)24(23)27/h2-14H,15-18H2,1H3. The maximum Gasteiger partial charge on any atom is 0.159 e. The van der Waals surface area contributed by atoms with Crippen molar-refractivity contribution in [2.75, 3.05) is 31.1 Å². The van der Waals surface area contributed by atoms with Gasteiger partial charge in [-0.25, -0.2) is 0 Å². The van der Waals surface area contributed by atoms with Crippen molar-refractivity contribution in [2.45, 2.75) is 12.5 Å². The minimum Gasteiger partial charge on any atom is -0.368 e. The Kier molecular flexibility index (Phi) is 6.14. The van der Waals surface area contributed by atoms with Gasteiger partial charge in [-0.15, -0.1) is 0 Å². The molecule has 0 N–H and O–H groups in total. The van der Waals surface area contributed by atoms with Gasteiger partial charge in [-0.2, -0.15) is 0 Å². The predicted octanol–water partition coefficient (Wildman–Crippen LogP) is 5.65. The molecule has 4 rings (SSSR count). The van der Waals surface area contributed by atoms with E-state index in [1.54, 1.807) is 13.0 Å². The van der Waals surface area contributed by atoms with Gasteiger partial charge < -0.3 is 4.90 Å². The van der Waals surface area contributed by atoms with Crippen LogP contribution in [0.3, 0.4) is 0 Å². The van der Waals surface area contributed by atoms with Crippen LogP contribution < -0.4 is 4.90 Å². The number of carbonyl (C=O) groups is 1. The Morgan fingerprint density at radius 2 is 1.30 bits per heavy atom. The first-order valence-electron chi connectivity index (χ1n) is 10.1. The summed E-state index contributed by atoms with van der Waals surface area (Å²) in [5.74, 6) is 0.120. The van der Waals surface area contributed by atoms with Gasteiger partial charge in [0.05, 0.1) is 15.7 Å². The van der Waals surface area contributed by atoms with Crippen LogP contribution in [0.5, 0.6) is 0 Å². The third kappa shape index (κ3) is 3.62. The van der Waals surface area contributed by atoms with Crippen LogP contribution in [0.15, 0.2) is 78.9 Å². The highest BCUT2D eigenvalue weighted by Crippen LogP contribution is 2.39. The summed E-state index contributed by atoms with van der Waals surface area (Å²) in [5, 5.41) is 1.14. The molecule has 1 aliphatic rings. The third-order valence-corrected chi connectivity index (χ3v) is 6.73. The van der Waals surface area contributed by atoms with E-state index in [-0.39, 0.29) is 5.78 Å². The van der Waals surface area contributed by atoms with Crippen LogP contribution in [0.1, 0.15) is 18.1 Å². The molecule has 0 aliphatic carbocycles. The van der Waals surface area contributed by atoms with Crippen molar-refractivity contribution < 1.29 is 4.79 Å². The maximum atomic E-state index is 13.3. The zero-order valence-corrected chi connectivity index (χ0v) is 18.4. The smallest absolute Gasteiger partial charge is 0.159 e. The molecule has 5 heteroatoms. The molecule has 1 saturated heterocycles. The van der Waals surface area contributed by atoms with Gasteiger partial charge in [0.2, 0.25) is 0 Å². The number of halogens is 2. The molecule has 1 fully saturated rings. The Balaban J connectivity index is 1.71. The molecule has 3 aromatic rings. The minimum atomic E-state index is -0.813. The molecular formula is C25H24Cl2N2O. The zero-order valence-electron chi connectivity index (χ0n) is 16.9. The van der Waals surface area contributed by atoms with Crippen molar-refractivity contribution in [3.8, 4) is 0 Å². The molecule has 0 unspecified atom stereocenters. The second kappa shape index (κ2) is 8.81. The van der Waals surface area contributed by atoms with E-state index in [9.17, 15) is 4.79 Å². The van der Waals surface area contributed by atoms with Crippen LogP contribution in [-0.2, 0) is 10.3 Å². The number of anilines is 1. The fourth-order valence-corrected chi connectivity index (χ4v) is 4.95. The molecule has 0 bridgehead atoms. The van der Waals surface area contributed by atoms with E-state index in [2.05, 4.69) is 34.1 Å². The number of carbonyl (C=O) groups excluding carboxylic acids is 1. The van der Waals surface area contributed by atoms with Crippen LogP contribution in [0, 0.1) is 0 Å². The molecule has 3 nitrogen and oxygen atoms in total. The Labute approximate surface area is 187 Å². The molecule has 0 amide bonds. The van der Waals surface area contributed by atoms with Gasteiger partial charge in [-0.05, 0) is 30.2 Å². The zero-order chi connectivity index (χ0) is 21.1. The summed E-state index contributed by atoms with van der Waals surface area (Å²) >= 11 is 12.7. The van der Waals surface area contributed by atoms with E-state index < -0.39 is 5.54 Å². The molecule has 0 spiro atoms. The third-order valence-electron chi connectivity index (χ3n) is 5.92. The summed E-state index contributed by atoms with van der Waals surface area (Å²) in [6.45, 7) is 4.67. The highest BCUT2D eigenvalue weighted by Gasteiger charge is 2.45. The van der Waals surface area contributed by atoms with Crippen LogP contribution in [0.25, 0.3) is 0 Å². The number of rotatable bonds is 5. The number of hydrogen-bond donors (Lipinski definition) is 0. The van der Waals surface area contributed by atoms with Crippen molar-refractivity contribution in [1.82, 2.24) is 4.90 Å². The first-order chi connectivity index (χ1) is 14.5. The molecule has 0 aromatic heterocycles. The van der Waals surface area contributed by atoms with E-state index in [4.69, 9.17) is 23.2 Å². The van der Waals surface area contributed by atoms with Gasteiger partial charge in [-0.1, -0.05) is 89.9 Å². The predicted molar refractivity (Wildman–Crippen MR) is 125 cm³/mol. The summed E-state index contributed by atoms with van der Waals surface area (Å²) in [6.07, 6.45) is 0. The normalized spacial score (nSPS) is 15.2. The number of Topliss-reactive ketones (excluding diaryl/α,β-unsaturated/α-hetero) is 1. The first kappa shape index (κ1) is 20.9. The van der Waals surface area contributed by atoms with E-state index in [0.717, 1.165) is 43.0 Å². The highest BCUT2D eigenvalue weighted by atomic mass is 35.5. The topological polar surface area (TPSA) is 23.6 Å². The van der Waals surface area contributed by atoms with Crippen molar-refractivity contribution in [2.24, 2.45) is 0 Å². The Bertz CT molecular complexity index is 976. The monoisotopic (exact) mass is 438 g/mol. The van der Waals surface area contributed by atoms with E-state index in [0.29, 0.717) is 10.0 Å². The Morgan fingerprint density at radius 1 is 0.767 bits per heavy atom. The lowest BCUT2D eigenvalue weighted by Crippen LogP contribution is -2.59. The lowest BCUT2D eigenvalue weighted by atomic mass is 9.77. The number of nitrogens with zero attached hydrogens (tertiary/aromatic N) is 2. The van der Waals surface area contributed by atoms with Crippen molar-refractivity contribution in [3.63, 3.8) is 0 Å². The van der Waals surface area contributed by atoms with Crippen LogP contribution >= 0.6 is 23.2 Å². The quantitative estimate of drug-likeness (QED) is 0.514. The van der Waals surface area contributed by atoms with Gasteiger partial charge in [0.15, 0.2) is 5.78 Å². The lowest BCUT2D eigenvalue weighted by Gasteiger charge is -2.47.